The minimum atomic E-state index is -1.16. The third-order valence-electron chi connectivity index (χ3n) is 5.28. The second-order valence-electron chi connectivity index (χ2n) is 8.42. The first kappa shape index (κ1) is 19.3. The highest BCUT2D eigenvalue weighted by molar-refractivity contribution is 7.15. The lowest BCUT2D eigenvalue weighted by molar-refractivity contribution is -0.131. The smallest absolute Gasteiger partial charge is 0.319 e. The summed E-state index contributed by atoms with van der Waals surface area (Å²) in [6.07, 6.45) is 1.64. The number of carbonyl (C=O) groups is 2. The number of amides is 3. The van der Waals surface area contributed by atoms with Crippen LogP contribution in [-0.2, 0) is 22.3 Å². The summed E-state index contributed by atoms with van der Waals surface area (Å²) in [7, 11) is 0. The van der Waals surface area contributed by atoms with Gasteiger partial charge in [0, 0.05) is 17.6 Å². The number of nitrogens with one attached hydrogen (secondary N) is 1. The van der Waals surface area contributed by atoms with Gasteiger partial charge in [-0.2, -0.15) is 0 Å². The van der Waals surface area contributed by atoms with Crippen LogP contribution >= 0.6 is 11.3 Å². The SMILES string of the molecule is CC(C)(C)c1ccc(C2(C)NC(=O)N(Cc3cc(=O)n4ccsc4n3)C2=O)cc1. The van der Waals surface area contributed by atoms with Crippen molar-refractivity contribution >= 4 is 28.2 Å². The molecule has 1 unspecified atom stereocenters. The molecule has 1 N–H and O–H groups in total. The van der Waals surface area contributed by atoms with Crippen LogP contribution in [0.25, 0.3) is 4.96 Å². The van der Waals surface area contributed by atoms with Crippen molar-refractivity contribution in [2.45, 2.75) is 45.2 Å². The molecule has 1 aromatic carbocycles. The van der Waals surface area contributed by atoms with Crippen molar-refractivity contribution in [3.8, 4) is 0 Å². The molecule has 2 aromatic heterocycles. The molecule has 0 radical (unpaired) electrons. The van der Waals surface area contributed by atoms with Gasteiger partial charge in [-0.1, -0.05) is 45.0 Å². The van der Waals surface area contributed by atoms with Crippen LogP contribution in [0.3, 0.4) is 0 Å². The Balaban J connectivity index is 1.63. The van der Waals surface area contributed by atoms with Gasteiger partial charge in [0.1, 0.15) is 5.54 Å². The standard InChI is InChI=1S/C21H22N4O3S/c1-20(2,3)13-5-7-14(8-6-13)21(4)17(27)25(18(28)23-21)12-15-11-16(26)24-9-10-29-19(24)22-15/h5-11H,12H2,1-4H3,(H,23,28). The highest BCUT2D eigenvalue weighted by atomic mass is 32.1. The second-order valence-corrected chi connectivity index (χ2v) is 9.29. The summed E-state index contributed by atoms with van der Waals surface area (Å²) in [5, 5.41) is 4.56. The predicted molar refractivity (Wildman–Crippen MR) is 111 cm³/mol. The molecule has 8 heteroatoms. The Kier molecular flexibility index (Phi) is 4.34. The molecule has 29 heavy (non-hydrogen) atoms. The zero-order valence-corrected chi connectivity index (χ0v) is 17.5. The summed E-state index contributed by atoms with van der Waals surface area (Å²) in [5.74, 6) is -0.362. The van der Waals surface area contributed by atoms with E-state index in [0.717, 1.165) is 10.5 Å². The molecule has 1 aliphatic rings. The van der Waals surface area contributed by atoms with Crippen LogP contribution in [0.15, 0.2) is 46.7 Å². The molecule has 1 aliphatic heterocycles. The molecule has 3 amide bonds. The number of fused-ring (bicyclic) bond motifs is 1. The Morgan fingerprint density at radius 2 is 1.83 bits per heavy atom. The van der Waals surface area contributed by atoms with E-state index < -0.39 is 11.6 Å². The average Bonchev–Trinajstić information content (AvgIpc) is 3.21. The number of benzene rings is 1. The van der Waals surface area contributed by atoms with Crippen LogP contribution in [0.5, 0.6) is 0 Å². The Labute approximate surface area is 172 Å². The third-order valence-corrected chi connectivity index (χ3v) is 6.04. The van der Waals surface area contributed by atoms with Crippen LogP contribution in [0, 0.1) is 0 Å². The van der Waals surface area contributed by atoms with E-state index in [9.17, 15) is 14.4 Å². The predicted octanol–water partition coefficient (Wildman–Crippen LogP) is 3.02. The fraction of sp³-hybridized carbons (Fsp3) is 0.333. The molecule has 3 heterocycles. The first-order valence-electron chi connectivity index (χ1n) is 9.30. The number of thiazole rings is 1. The van der Waals surface area contributed by atoms with Crippen LogP contribution < -0.4 is 10.9 Å². The van der Waals surface area contributed by atoms with E-state index in [1.165, 1.54) is 21.8 Å². The maximum atomic E-state index is 13.2. The van der Waals surface area contributed by atoms with Crippen molar-refractivity contribution in [1.29, 1.82) is 0 Å². The molecule has 0 aliphatic carbocycles. The Bertz CT molecular complexity index is 1170. The van der Waals surface area contributed by atoms with E-state index in [-0.39, 0.29) is 23.4 Å². The van der Waals surface area contributed by atoms with E-state index in [1.807, 2.05) is 24.3 Å². The molecule has 150 valence electrons. The molecule has 3 aromatic rings. The molecule has 1 saturated heterocycles. The largest absolute Gasteiger partial charge is 0.325 e. The average molecular weight is 410 g/mol. The van der Waals surface area contributed by atoms with Gasteiger partial charge >= 0.3 is 6.03 Å². The first-order chi connectivity index (χ1) is 13.6. The van der Waals surface area contributed by atoms with Crippen LogP contribution in [0.2, 0.25) is 0 Å². The minimum Gasteiger partial charge on any atom is -0.319 e. The summed E-state index contributed by atoms with van der Waals surface area (Å²) >= 11 is 1.32. The minimum absolute atomic E-state index is 0.00540. The van der Waals surface area contributed by atoms with Crippen molar-refractivity contribution in [2.75, 3.05) is 0 Å². The molecule has 0 spiro atoms. The molecule has 1 atom stereocenters. The number of aromatic nitrogens is 2. The van der Waals surface area contributed by atoms with E-state index in [2.05, 4.69) is 31.1 Å². The van der Waals surface area contributed by atoms with Gasteiger partial charge in [0.2, 0.25) is 0 Å². The van der Waals surface area contributed by atoms with Crippen molar-refractivity contribution in [2.24, 2.45) is 0 Å². The van der Waals surface area contributed by atoms with Gasteiger partial charge in [-0.15, -0.1) is 11.3 Å². The second kappa shape index (κ2) is 6.52. The van der Waals surface area contributed by atoms with E-state index >= 15 is 0 Å². The molecule has 7 nitrogen and oxygen atoms in total. The number of imide groups is 1. The topological polar surface area (TPSA) is 83.8 Å². The lowest BCUT2D eigenvalue weighted by Crippen LogP contribution is -2.41. The van der Waals surface area contributed by atoms with Crippen molar-refractivity contribution in [1.82, 2.24) is 19.6 Å². The normalized spacial score (nSPS) is 19.8. The summed E-state index contributed by atoms with van der Waals surface area (Å²) in [6.45, 7) is 8.00. The summed E-state index contributed by atoms with van der Waals surface area (Å²) in [5.41, 5.74) is 0.844. The van der Waals surface area contributed by atoms with Gasteiger partial charge in [0.25, 0.3) is 11.5 Å². The number of carbonyl (C=O) groups excluding carboxylic acids is 2. The number of hydrogen-bond acceptors (Lipinski definition) is 5. The third kappa shape index (κ3) is 3.23. The van der Waals surface area contributed by atoms with Crippen molar-refractivity contribution in [3.05, 3.63) is 69.1 Å². The number of rotatable bonds is 3. The van der Waals surface area contributed by atoms with Crippen molar-refractivity contribution < 1.29 is 9.59 Å². The fourth-order valence-corrected chi connectivity index (χ4v) is 4.21. The first-order valence-corrected chi connectivity index (χ1v) is 10.2. The number of urea groups is 1. The fourth-order valence-electron chi connectivity index (χ4n) is 3.47. The van der Waals surface area contributed by atoms with Gasteiger partial charge in [-0.25, -0.2) is 9.78 Å². The highest BCUT2D eigenvalue weighted by Gasteiger charge is 2.49. The van der Waals surface area contributed by atoms with Crippen LogP contribution in [-0.4, -0.2) is 26.2 Å². The van der Waals surface area contributed by atoms with Gasteiger partial charge in [-0.3, -0.25) is 18.9 Å². The number of hydrogen-bond donors (Lipinski definition) is 1. The summed E-state index contributed by atoms with van der Waals surface area (Å²) in [4.78, 5) is 44.0. The Morgan fingerprint density at radius 3 is 2.48 bits per heavy atom. The quantitative estimate of drug-likeness (QED) is 0.673. The number of nitrogens with zero attached hydrogens (tertiary/aromatic N) is 3. The van der Waals surface area contributed by atoms with Gasteiger partial charge in [0.15, 0.2) is 4.96 Å². The van der Waals surface area contributed by atoms with E-state index in [4.69, 9.17) is 0 Å². The lowest BCUT2D eigenvalue weighted by Gasteiger charge is -2.24. The lowest BCUT2D eigenvalue weighted by atomic mass is 9.84. The Hall–Kier alpha value is -3.00. The Morgan fingerprint density at radius 1 is 1.14 bits per heavy atom. The molecule has 1 fully saturated rings. The van der Waals surface area contributed by atoms with Crippen molar-refractivity contribution in [3.63, 3.8) is 0 Å². The van der Waals surface area contributed by atoms with E-state index in [0.29, 0.717) is 16.2 Å². The zero-order valence-electron chi connectivity index (χ0n) is 16.7. The maximum Gasteiger partial charge on any atom is 0.325 e. The van der Waals surface area contributed by atoms with Crippen LogP contribution in [0.1, 0.15) is 44.5 Å². The monoisotopic (exact) mass is 410 g/mol. The summed E-state index contributed by atoms with van der Waals surface area (Å²) in [6, 6.07) is 8.58. The summed E-state index contributed by atoms with van der Waals surface area (Å²) < 4.78 is 1.43. The molecular weight excluding hydrogens is 388 g/mol. The maximum absolute atomic E-state index is 13.2. The van der Waals surface area contributed by atoms with Gasteiger partial charge < -0.3 is 5.32 Å². The molecule has 4 rings (SSSR count). The molecular formula is C21H22N4O3S. The molecule has 0 bridgehead atoms. The van der Waals surface area contributed by atoms with E-state index in [1.54, 1.807) is 18.5 Å². The molecule has 0 saturated carbocycles. The van der Waals surface area contributed by atoms with Gasteiger partial charge in [-0.05, 0) is 23.5 Å². The van der Waals surface area contributed by atoms with Gasteiger partial charge in [0.05, 0.1) is 12.2 Å². The highest BCUT2D eigenvalue weighted by Crippen LogP contribution is 2.31. The van der Waals surface area contributed by atoms with Crippen LogP contribution in [0.4, 0.5) is 4.79 Å². The zero-order chi connectivity index (χ0) is 21.0.